The van der Waals surface area contributed by atoms with E-state index in [-0.39, 0.29) is 10.9 Å². The van der Waals surface area contributed by atoms with Crippen LogP contribution in [-0.4, -0.2) is 49.1 Å². The number of halogens is 4. The molecule has 28 heavy (non-hydrogen) atoms. The molecule has 0 spiro atoms. The van der Waals surface area contributed by atoms with E-state index >= 15 is 0 Å². The Labute approximate surface area is 165 Å². The first-order valence-corrected chi connectivity index (χ1v) is 9.00. The monoisotopic (exact) mass is 413 g/mol. The molecule has 1 fully saturated rings. The van der Waals surface area contributed by atoms with Crippen molar-refractivity contribution in [1.82, 2.24) is 9.88 Å². The molecule has 3 rings (SSSR count). The van der Waals surface area contributed by atoms with Crippen molar-refractivity contribution in [3.8, 4) is 5.75 Å². The van der Waals surface area contributed by atoms with Gasteiger partial charge in [-0.1, -0.05) is 17.7 Å². The molecule has 2 aromatic rings. The van der Waals surface area contributed by atoms with Gasteiger partial charge in [-0.15, -0.1) is 0 Å². The average Bonchev–Trinajstić information content (AvgIpc) is 2.67. The van der Waals surface area contributed by atoms with Gasteiger partial charge in [0.15, 0.2) is 0 Å². The number of ether oxygens (including phenoxy) is 1. The standard InChI is InChI=1S/C19H19ClF3N3O2/c1-12-3-4-13(9-16(12)28-2)18(27)26-7-5-25(6-8-26)17-15(20)10-14(11-24-17)19(21,22)23/h3-4,9-11H,5-8H2,1-2H3. The highest BCUT2D eigenvalue weighted by atomic mass is 35.5. The Morgan fingerprint density at radius 1 is 1.18 bits per heavy atom. The average molecular weight is 414 g/mol. The van der Waals surface area contributed by atoms with Crippen molar-refractivity contribution in [2.75, 3.05) is 38.2 Å². The van der Waals surface area contributed by atoms with Gasteiger partial charge in [0.2, 0.25) is 0 Å². The molecule has 0 saturated carbocycles. The van der Waals surface area contributed by atoms with Crippen molar-refractivity contribution in [3.05, 3.63) is 52.2 Å². The van der Waals surface area contributed by atoms with E-state index < -0.39 is 11.7 Å². The molecule has 1 aromatic heterocycles. The Bertz CT molecular complexity index is 881. The lowest BCUT2D eigenvalue weighted by Gasteiger charge is -2.36. The number of rotatable bonds is 3. The minimum atomic E-state index is -4.49. The number of aryl methyl sites for hydroxylation is 1. The molecular weight excluding hydrogens is 395 g/mol. The molecule has 1 aliphatic heterocycles. The fourth-order valence-electron chi connectivity index (χ4n) is 3.08. The Morgan fingerprint density at radius 2 is 1.86 bits per heavy atom. The number of pyridine rings is 1. The van der Waals surface area contributed by atoms with Crippen molar-refractivity contribution in [1.29, 1.82) is 0 Å². The smallest absolute Gasteiger partial charge is 0.417 e. The highest BCUT2D eigenvalue weighted by molar-refractivity contribution is 6.33. The summed E-state index contributed by atoms with van der Waals surface area (Å²) in [6.45, 7) is 3.56. The third-order valence-electron chi connectivity index (χ3n) is 4.67. The van der Waals surface area contributed by atoms with Gasteiger partial charge in [-0.25, -0.2) is 4.98 Å². The number of carbonyl (C=O) groups is 1. The predicted octanol–water partition coefficient (Wildman–Crippen LogP) is 4.03. The summed E-state index contributed by atoms with van der Waals surface area (Å²) in [5.74, 6) is 0.813. The molecule has 0 N–H and O–H groups in total. The number of aromatic nitrogens is 1. The van der Waals surface area contributed by atoms with Gasteiger partial charge in [0.1, 0.15) is 11.6 Å². The van der Waals surface area contributed by atoms with E-state index in [0.717, 1.165) is 17.8 Å². The highest BCUT2D eigenvalue weighted by Crippen LogP contribution is 2.33. The topological polar surface area (TPSA) is 45.7 Å². The summed E-state index contributed by atoms with van der Waals surface area (Å²) in [7, 11) is 1.55. The summed E-state index contributed by atoms with van der Waals surface area (Å²) in [6.07, 6.45) is -3.72. The van der Waals surface area contributed by atoms with Crippen LogP contribution in [0, 0.1) is 6.92 Å². The van der Waals surface area contributed by atoms with Crippen LogP contribution >= 0.6 is 11.6 Å². The van der Waals surface area contributed by atoms with Crippen molar-refractivity contribution in [2.24, 2.45) is 0 Å². The van der Waals surface area contributed by atoms with E-state index in [1.165, 1.54) is 0 Å². The lowest BCUT2D eigenvalue weighted by molar-refractivity contribution is -0.137. The minimum Gasteiger partial charge on any atom is -0.496 e. The number of anilines is 1. The Hall–Kier alpha value is -2.48. The lowest BCUT2D eigenvalue weighted by Crippen LogP contribution is -2.49. The first kappa shape index (κ1) is 20.3. The second kappa shape index (κ2) is 7.87. The summed E-state index contributed by atoms with van der Waals surface area (Å²) in [6, 6.07) is 6.16. The number of benzene rings is 1. The van der Waals surface area contributed by atoms with Crippen molar-refractivity contribution >= 4 is 23.3 Å². The van der Waals surface area contributed by atoms with Gasteiger partial charge in [-0.2, -0.15) is 13.2 Å². The Kier molecular flexibility index (Phi) is 5.69. The summed E-state index contributed by atoms with van der Waals surface area (Å²) >= 11 is 6.01. The van der Waals surface area contributed by atoms with Crippen LogP contribution < -0.4 is 9.64 Å². The molecule has 1 amide bonds. The number of hydrogen-bond donors (Lipinski definition) is 0. The second-order valence-corrected chi connectivity index (χ2v) is 6.90. The number of methoxy groups -OCH3 is 1. The van der Waals surface area contributed by atoms with Gasteiger partial charge < -0.3 is 14.5 Å². The van der Waals surface area contributed by atoms with E-state index in [1.807, 2.05) is 13.0 Å². The van der Waals surface area contributed by atoms with Crippen LogP contribution in [0.25, 0.3) is 0 Å². The van der Waals surface area contributed by atoms with Crippen LogP contribution in [0.1, 0.15) is 21.5 Å². The fourth-order valence-corrected chi connectivity index (χ4v) is 3.36. The molecule has 9 heteroatoms. The number of nitrogens with zero attached hydrogens (tertiary/aromatic N) is 3. The molecule has 1 aliphatic rings. The molecule has 0 atom stereocenters. The molecule has 2 heterocycles. The zero-order chi connectivity index (χ0) is 20.5. The number of amides is 1. The van der Waals surface area contributed by atoms with Gasteiger partial charge in [0.25, 0.3) is 5.91 Å². The van der Waals surface area contributed by atoms with Crippen LogP contribution in [0.3, 0.4) is 0 Å². The zero-order valence-corrected chi connectivity index (χ0v) is 16.1. The SMILES string of the molecule is COc1cc(C(=O)N2CCN(c3ncc(C(F)(F)F)cc3Cl)CC2)ccc1C. The van der Waals surface area contributed by atoms with Gasteiger partial charge in [-0.05, 0) is 30.7 Å². The zero-order valence-electron chi connectivity index (χ0n) is 15.4. The van der Waals surface area contributed by atoms with Crippen LogP contribution in [0.5, 0.6) is 5.75 Å². The largest absolute Gasteiger partial charge is 0.496 e. The summed E-state index contributed by atoms with van der Waals surface area (Å²) in [5, 5.41) is -0.0575. The third-order valence-corrected chi connectivity index (χ3v) is 4.95. The van der Waals surface area contributed by atoms with Crippen LogP contribution in [0.4, 0.5) is 19.0 Å². The van der Waals surface area contributed by atoms with E-state index in [9.17, 15) is 18.0 Å². The van der Waals surface area contributed by atoms with E-state index in [2.05, 4.69) is 4.98 Å². The number of alkyl halides is 3. The quantitative estimate of drug-likeness (QED) is 0.762. The summed E-state index contributed by atoms with van der Waals surface area (Å²) < 4.78 is 43.5. The Balaban J connectivity index is 1.68. The fraction of sp³-hybridized carbons (Fsp3) is 0.368. The predicted molar refractivity (Wildman–Crippen MR) is 100 cm³/mol. The van der Waals surface area contributed by atoms with E-state index in [0.29, 0.717) is 43.3 Å². The maximum atomic E-state index is 12.8. The first-order chi connectivity index (χ1) is 13.2. The molecule has 0 unspecified atom stereocenters. The van der Waals surface area contributed by atoms with Gasteiger partial charge in [-0.3, -0.25) is 4.79 Å². The molecule has 1 aromatic carbocycles. The van der Waals surface area contributed by atoms with Crippen LogP contribution in [-0.2, 0) is 6.18 Å². The highest BCUT2D eigenvalue weighted by Gasteiger charge is 2.32. The van der Waals surface area contributed by atoms with Gasteiger partial charge >= 0.3 is 6.18 Å². The van der Waals surface area contributed by atoms with E-state index in [4.69, 9.17) is 16.3 Å². The van der Waals surface area contributed by atoms with Crippen molar-refractivity contribution in [2.45, 2.75) is 13.1 Å². The third kappa shape index (κ3) is 4.16. The molecular formula is C19H19ClF3N3O2. The minimum absolute atomic E-state index is 0.0575. The van der Waals surface area contributed by atoms with Crippen LogP contribution in [0.15, 0.2) is 30.5 Å². The van der Waals surface area contributed by atoms with E-state index in [1.54, 1.807) is 29.0 Å². The maximum Gasteiger partial charge on any atom is 0.417 e. The number of piperazine rings is 1. The van der Waals surface area contributed by atoms with Gasteiger partial charge in [0.05, 0.1) is 17.7 Å². The van der Waals surface area contributed by atoms with Gasteiger partial charge in [0, 0.05) is 37.9 Å². The molecule has 1 saturated heterocycles. The normalized spacial score (nSPS) is 14.9. The number of carbonyl (C=O) groups excluding carboxylic acids is 1. The second-order valence-electron chi connectivity index (χ2n) is 6.49. The maximum absolute atomic E-state index is 12.8. The molecule has 0 aliphatic carbocycles. The van der Waals surface area contributed by atoms with Crippen molar-refractivity contribution in [3.63, 3.8) is 0 Å². The Morgan fingerprint density at radius 3 is 2.43 bits per heavy atom. The molecule has 0 bridgehead atoms. The lowest BCUT2D eigenvalue weighted by atomic mass is 10.1. The molecule has 150 valence electrons. The van der Waals surface area contributed by atoms with Crippen LogP contribution in [0.2, 0.25) is 5.02 Å². The molecule has 5 nitrogen and oxygen atoms in total. The summed E-state index contributed by atoms with van der Waals surface area (Å²) in [5.41, 5.74) is 0.580. The first-order valence-electron chi connectivity index (χ1n) is 8.62. The van der Waals surface area contributed by atoms with Crippen molar-refractivity contribution < 1.29 is 22.7 Å². The summed E-state index contributed by atoms with van der Waals surface area (Å²) in [4.78, 5) is 20.1. The molecule has 0 radical (unpaired) electrons. The number of hydrogen-bond acceptors (Lipinski definition) is 4.